The molecule has 12 heavy (non-hydrogen) atoms. The van der Waals surface area contributed by atoms with Crippen molar-refractivity contribution < 1.29 is 14.7 Å². The molecular formula is C9H13O3-. The zero-order valence-electron chi connectivity index (χ0n) is 7.21. The lowest BCUT2D eigenvalue weighted by molar-refractivity contribution is -0.313. The molecule has 0 bridgehead atoms. The first kappa shape index (κ1) is 9.23. The van der Waals surface area contributed by atoms with E-state index < -0.39 is 11.9 Å². The number of aliphatic carboxylic acids is 1. The number of carbonyl (C=O) groups is 2. The Bertz CT molecular complexity index is 176. The van der Waals surface area contributed by atoms with Crippen molar-refractivity contribution in [1.29, 1.82) is 0 Å². The molecule has 2 atom stereocenters. The lowest BCUT2D eigenvalue weighted by Crippen LogP contribution is -2.40. The predicted octanol–water partition coefficient (Wildman–Crippen LogP) is 0.132. The second-order valence-corrected chi connectivity index (χ2v) is 3.43. The molecule has 2 unspecified atom stereocenters. The van der Waals surface area contributed by atoms with Crippen molar-refractivity contribution in [2.75, 3.05) is 0 Å². The maximum Gasteiger partial charge on any atom is 0.133 e. The van der Waals surface area contributed by atoms with E-state index >= 15 is 0 Å². The Hall–Kier alpha value is -0.860. The fourth-order valence-corrected chi connectivity index (χ4v) is 1.90. The fraction of sp³-hybridized carbons (Fsp3) is 0.778. The number of carbonyl (C=O) groups excluding carboxylic acids is 2. The maximum absolute atomic E-state index is 11.0. The van der Waals surface area contributed by atoms with Crippen LogP contribution in [0.2, 0.25) is 0 Å². The summed E-state index contributed by atoms with van der Waals surface area (Å²) in [5, 5.41) is 10.6. The van der Waals surface area contributed by atoms with Gasteiger partial charge in [-0.05, 0) is 19.8 Å². The third-order valence-corrected chi connectivity index (χ3v) is 2.59. The molecule has 1 aliphatic rings. The van der Waals surface area contributed by atoms with Crippen LogP contribution < -0.4 is 5.11 Å². The number of rotatable bonds is 2. The Morgan fingerprint density at radius 2 is 1.67 bits per heavy atom. The molecule has 0 heterocycles. The zero-order chi connectivity index (χ0) is 9.14. The van der Waals surface area contributed by atoms with Crippen molar-refractivity contribution in [2.45, 2.75) is 32.6 Å². The summed E-state index contributed by atoms with van der Waals surface area (Å²) in [6.07, 6.45) is 3.19. The van der Waals surface area contributed by atoms with Crippen LogP contribution in [-0.4, -0.2) is 11.8 Å². The topological polar surface area (TPSA) is 57.2 Å². The molecule has 3 heteroatoms. The minimum absolute atomic E-state index is 0.0103. The van der Waals surface area contributed by atoms with Gasteiger partial charge < -0.3 is 9.90 Å². The van der Waals surface area contributed by atoms with Crippen molar-refractivity contribution in [3.63, 3.8) is 0 Å². The van der Waals surface area contributed by atoms with E-state index in [0.717, 1.165) is 12.8 Å². The fourth-order valence-electron chi connectivity index (χ4n) is 1.90. The molecule has 1 saturated carbocycles. The first-order valence-corrected chi connectivity index (χ1v) is 4.34. The molecule has 1 rings (SSSR count). The highest BCUT2D eigenvalue weighted by Crippen LogP contribution is 2.30. The van der Waals surface area contributed by atoms with E-state index in [0.29, 0.717) is 12.8 Å². The zero-order valence-corrected chi connectivity index (χ0v) is 7.21. The van der Waals surface area contributed by atoms with Gasteiger partial charge in [-0.3, -0.25) is 4.79 Å². The molecule has 0 spiro atoms. The van der Waals surface area contributed by atoms with E-state index in [4.69, 9.17) is 0 Å². The molecule has 3 nitrogen and oxygen atoms in total. The van der Waals surface area contributed by atoms with Crippen LogP contribution in [0, 0.1) is 11.8 Å². The Balaban J connectivity index is 2.67. The molecule has 68 valence electrons. The van der Waals surface area contributed by atoms with Gasteiger partial charge in [0.05, 0.1) is 0 Å². The molecule has 1 aliphatic carbocycles. The number of hydrogen-bond acceptors (Lipinski definition) is 3. The average Bonchev–Trinajstić information content (AvgIpc) is 2.04. The van der Waals surface area contributed by atoms with Gasteiger partial charge in [0.25, 0.3) is 0 Å². The van der Waals surface area contributed by atoms with E-state index in [1.807, 2.05) is 0 Å². The van der Waals surface area contributed by atoms with Crippen LogP contribution in [0.25, 0.3) is 0 Å². The lowest BCUT2D eigenvalue weighted by atomic mass is 9.77. The van der Waals surface area contributed by atoms with Crippen molar-refractivity contribution in [3.05, 3.63) is 0 Å². The Morgan fingerprint density at radius 1 is 1.17 bits per heavy atom. The predicted molar refractivity (Wildman–Crippen MR) is 41.1 cm³/mol. The standard InChI is InChI=1S/C9H14O3/c1-6(10)7-4-2-3-5-8(7)9(11)12/h7-8H,2-5H2,1H3,(H,11,12)/p-1. The van der Waals surface area contributed by atoms with Gasteiger partial charge in [-0.2, -0.15) is 0 Å². The van der Waals surface area contributed by atoms with Gasteiger partial charge in [0, 0.05) is 17.8 Å². The maximum atomic E-state index is 11.0. The smallest absolute Gasteiger partial charge is 0.133 e. The summed E-state index contributed by atoms with van der Waals surface area (Å²) in [7, 11) is 0. The monoisotopic (exact) mass is 169 g/mol. The minimum Gasteiger partial charge on any atom is -0.550 e. The van der Waals surface area contributed by atoms with Crippen LogP contribution in [0.4, 0.5) is 0 Å². The van der Waals surface area contributed by atoms with Crippen molar-refractivity contribution >= 4 is 11.8 Å². The number of carboxylic acid groups (broad SMARTS) is 1. The summed E-state index contributed by atoms with van der Waals surface area (Å²) in [6.45, 7) is 1.46. The van der Waals surface area contributed by atoms with E-state index in [1.165, 1.54) is 6.92 Å². The normalized spacial score (nSPS) is 29.8. The molecule has 0 amide bonds. The molecule has 0 aromatic heterocycles. The molecule has 0 N–H and O–H groups in total. The van der Waals surface area contributed by atoms with Crippen LogP contribution in [0.1, 0.15) is 32.6 Å². The van der Waals surface area contributed by atoms with Crippen molar-refractivity contribution in [3.8, 4) is 0 Å². The van der Waals surface area contributed by atoms with E-state index in [9.17, 15) is 14.7 Å². The van der Waals surface area contributed by atoms with Crippen LogP contribution in [0.15, 0.2) is 0 Å². The Labute approximate surface area is 71.8 Å². The molecule has 1 fully saturated rings. The van der Waals surface area contributed by atoms with Gasteiger partial charge in [0.2, 0.25) is 0 Å². The molecular weight excluding hydrogens is 156 g/mol. The Kier molecular flexibility index (Phi) is 2.84. The third-order valence-electron chi connectivity index (χ3n) is 2.59. The summed E-state index contributed by atoms with van der Waals surface area (Å²) in [6, 6.07) is 0. The van der Waals surface area contributed by atoms with Gasteiger partial charge in [0.1, 0.15) is 5.78 Å². The van der Waals surface area contributed by atoms with Crippen LogP contribution >= 0.6 is 0 Å². The average molecular weight is 169 g/mol. The Morgan fingerprint density at radius 3 is 2.00 bits per heavy atom. The highest BCUT2D eigenvalue weighted by Gasteiger charge is 2.28. The van der Waals surface area contributed by atoms with Gasteiger partial charge in [0.15, 0.2) is 0 Å². The third kappa shape index (κ3) is 1.84. The van der Waals surface area contributed by atoms with Gasteiger partial charge in [-0.25, -0.2) is 0 Å². The van der Waals surface area contributed by atoms with Crippen molar-refractivity contribution in [1.82, 2.24) is 0 Å². The first-order valence-electron chi connectivity index (χ1n) is 4.34. The van der Waals surface area contributed by atoms with Crippen LogP contribution in [0.5, 0.6) is 0 Å². The molecule has 0 radical (unpaired) electrons. The van der Waals surface area contributed by atoms with Gasteiger partial charge >= 0.3 is 0 Å². The minimum atomic E-state index is -1.06. The SMILES string of the molecule is CC(=O)C1CCCCC1C(=O)[O-]. The van der Waals surface area contributed by atoms with Gasteiger partial charge in [-0.1, -0.05) is 12.8 Å². The largest absolute Gasteiger partial charge is 0.550 e. The lowest BCUT2D eigenvalue weighted by Gasteiger charge is -2.30. The summed E-state index contributed by atoms with van der Waals surface area (Å²) >= 11 is 0. The highest BCUT2D eigenvalue weighted by molar-refractivity contribution is 5.84. The number of carboxylic acids is 1. The molecule has 0 aliphatic heterocycles. The van der Waals surface area contributed by atoms with E-state index in [1.54, 1.807) is 0 Å². The van der Waals surface area contributed by atoms with Gasteiger partial charge in [-0.15, -0.1) is 0 Å². The molecule has 0 saturated heterocycles. The van der Waals surface area contributed by atoms with E-state index in [-0.39, 0.29) is 11.7 Å². The summed E-state index contributed by atoms with van der Waals surface area (Å²) < 4.78 is 0. The second kappa shape index (κ2) is 3.70. The summed E-state index contributed by atoms with van der Waals surface area (Å²) in [5.41, 5.74) is 0. The number of hydrogen-bond donors (Lipinski definition) is 0. The molecule has 0 aromatic carbocycles. The first-order chi connectivity index (χ1) is 5.63. The summed E-state index contributed by atoms with van der Waals surface area (Å²) in [5.74, 6) is -1.89. The second-order valence-electron chi connectivity index (χ2n) is 3.43. The van der Waals surface area contributed by atoms with E-state index in [2.05, 4.69) is 0 Å². The quantitative estimate of drug-likeness (QED) is 0.590. The summed E-state index contributed by atoms with van der Waals surface area (Å²) in [4.78, 5) is 21.6. The number of ketones is 1. The highest BCUT2D eigenvalue weighted by atomic mass is 16.4. The molecule has 0 aromatic rings. The van der Waals surface area contributed by atoms with Crippen LogP contribution in [0.3, 0.4) is 0 Å². The van der Waals surface area contributed by atoms with Crippen LogP contribution in [-0.2, 0) is 9.59 Å². The van der Waals surface area contributed by atoms with Crippen molar-refractivity contribution in [2.24, 2.45) is 11.8 Å². The number of Topliss-reactive ketones (excluding diaryl/α,β-unsaturated/α-hetero) is 1.